The van der Waals surface area contributed by atoms with E-state index in [1.807, 2.05) is 0 Å². The summed E-state index contributed by atoms with van der Waals surface area (Å²) in [5.41, 5.74) is 0.463. The van der Waals surface area contributed by atoms with Crippen molar-refractivity contribution in [3.63, 3.8) is 0 Å². The minimum atomic E-state index is -1.33. The molecule has 0 aliphatic rings. The Labute approximate surface area is 119 Å². The third kappa shape index (κ3) is 3.56. The number of amides is 2. The third-order valence-corrected chi connectivity index (χ3v) is 2.83. The van der Waals surface area contributed by atoms with Crippen LogP contribution in [0.5, 0.6) is 0 Å². The molecule has 110 valence electrons. The molecule has 1 heterocycles. The second-order valence-corrected chi connectivity index (χ2v) is 4.35. The molecular formula is C13H13FN4O3. The van der Waals surface area contributed by atoms with E-state index in [1.54, 1.807) is 19.3 Å². The molecule has 0 bridgehead atoms. The Bertz CT molecular complexity index is 657. The van der Waals surface area contributed by atoms with Crippen molar-refractivity contribution >= 4 is 17.7 Å². The molecule has 8 heteroatoms. The number of urea groups is 1. The number of aromatic amines is 1. The molecule has 2 rings (SSSR count). The fourth-order valence-corrected chi connectivity index (χ4v) is 1.74. The molecule has 0 aliphatic carbocycles. The molecule has 2 aromatic rings. The standard InChI is InChI=1S/C13H13FN4O3/c1-7(8-5-15-16-6-8)17-13(21)18-11-3-2-9(14)4-10(11)12(19)20/h2-7H,1H3,(H,15,16)(H,19,20)(H2,17,18,21). The van der Waals surface area contributed by atoms with E-state index in [4.69, 9.17) is 5.11 Å². The molecule has 0 aliphatic heterocycles. The number of carbonyl (C=O) groups is 2. The van der Waals surface area contributed by atoms with Gasteiger partial charge in [0.05, 0.1) is 23.5 Å². The van der Waals surface area contributed by atoms with Crippen molar-refractivity contribution in [3.05, 3.63) is 47.5 Å². The molecule has 0 spiro atoms. The number of aromatic carboxylic acids is 1. The highest BCUT2D eigenvalue weighted by atomic mass is 19.1. The monoisotopic (exact) mass is 292 g/mol. The maximum Gasteiger partial charge on any atom is 0.337 e. The van der Waals surface area contributed by atoms with Gasteiger partial charge in [0.25, 0.3) is 0 Å². The van der Waals surface area contributed by atoms with Crippen molar-refractivity contribution < 1.29 is 19.1 Å². The third-order valence-electron chi connectivity index (χ3n) is 2.83. The van der Waals surface area contributed by atoms with Gasteiger partial charge in [-0.25, -0.2) is 14.0 Å². The number of aromatic nitrogens is 2. The van der Waals surface area contributed by atoms with Crippen LogP contribution in [-0.2, 0) is 0 Å². The summed E-state index contributed by atoms with van der Waals surface area (Å²) in [6, 6.07) is 2.19. The van der Waals surface area contributed by atoms with Crippen molar-refractivity contribution in [2.75, 3.05) is 5.32 Å². The molecular weight excluding hydrogens is 279 g/mol. The van der Waals surface area contributed by atoms with Gasteiger partial charge in [-0.05, 0) is 25.1 Å². The first-order valence-electron chi connectivity index (χ1n) is 6.06. The van der Waals surface area contributed by atoms with Gasteiger partial charge in [-0.2, -0.15) is 5.10 Å². The number of hydrogen-bond donors (Lipinski definition) is 4. The average molecular weight is 292 g/mol. The van der Waals surface area contributed by atoms with Gasteiger partial charge in [0, 0.05) is 11.8 Å². The number of carboxylic acids is 1. The lowest BCUT2D eigenvalue weighted by Crippen LogP contribution is -2.31. The van der Waals surface area contributed by atoms with Crippen LogP contribution in [0.4, 0.5) is 14.9 Å². The Morgan fingerprint density at radius 3 is 2.81 bits per heavy atom. The molecule has 21 heavy (non-hydrogen) atoms. The van der Waals surface area contributed by atoms with E-state index in [2.05, 4.69) is 20.8 Å². The van der Waals surface area contributed by atoms with Gasteiger partial charge < -0.3 is 15.7 Å². The summed E-state index contributed by atoms with van der Waals surface area (Å²) < 4.78 is 13.0. The number of benzene rings is 1. The normalized spacial score (nSPS) is 11.7. The fourth-order valence-electron chi connectivity index (χ4n) is 1.74. The lowest BCUT2D eigenvalue weighted by Gasteiger charge is -2.14. The number of H-pyrrole nitrogens is 1. The molecule has 1 aromatic heterocycles. The van der Waals surface area contributed by atoms with E-state index < -0.39 is 17.8 Å². The Morgan fingerprint density at radius 2 is 2.19 bits per heavy atom. The van der Waals surface area contributed by atoms with E-state index in [1.165, 1.54) is 6.07 Å². The summed E-state index contributed by atoms with van der Waals surface area (Å²) in [5.74, 6) is -2.02. The van der Waals surface area contributed by atoms with Crippen LogP contribution in [0.3, 0.4) is 0 Å². The summed E-state index contributed by atoms with van der Waals surface area (Å²) in [4.78, 5) is 22.9. The number of carboxylic acid groups (broad SMARTS) is 1. The van der Waals surface area contributed by atoms with Gasteiger partial charge in [0.15, 0.2) is 0 Å². The van der Waals surface area contributed by atoms with Crippen LogP contribution in [0.25, 0.3) is 0 Å². The first kappa shape index (κ1) is 14.5. The minimum absolute atomic E-state index is 0.0146. The number of nitrogens with zero attached hydrogens (tertiary/aromatic N) is 1. The van der Waals surface area contributed by atoms with Gasteiger partial charge in [-0.1, -0.05) is 0 Å². The Kier molecular flexibility index (Phi) is 4.17. The number of anilines is 1. The van der Waals surface area contributed by atoms with E-state index in [9.17, 15) is 14.0 Å². The van der Waals surface area contributed by atoms with E-state index in [0.717, 1.165) is 17.7 Å². The lowest BCUT2D eigenvalue weighted by molar-refractivity contribution is 0.0697. The summed E-state index contributed by atoms with van der Waals surface area (Å²) in [6.45, 7) is 1.74. The van der Waals surface area contributed by atoms with Crippen LogP contribution >= 0.6 is 0 Å². The zero-order valence-corrected chi connectivity index (χ0v) is 11.1. The first-order chi connectivity index (χ1) is 9.97. The zero-order chi connectivity index (χ0) is 15.4. The smallest absolute Gasteiger partial charge is 0.337 e. The summed E-state index contributed by atoms with van der Waals surface area (Å²) in [5, 5.41) is 20.4. The van der Waals surface area contributed by atoms with Crippen molar-refractivity contribution in [3.8, 4) is 0 Å². The van der Waals surface area contributed by atoms with Crippen LogP contribution in [0.15, 0.2) is 30.6 Å². The van der Waals surface area contributed by atoms with Gasteiger partial charge in [-0.15, -0.1) is 0 Å². The molecule has 0 radical (unpaired) electrons. The van der Waals surface area contributed by atoms with E-state index in [-0.39, 0.29) is 17.3 Å². The van der Waals surface area contributed by atoms with Crippen LogP contribution < -0.4 is 10.6 Å². The van der Waals surface area contributed by atoms with Crippen molar-refractivity contribution in [1.82, 2.24) is 15.5 Å². The SMILES string of the molecule is CC(NC(=O)Nc1ccc(F)cc1C(=O)O)c1cn[nH]c1. The predicted molar refractivity (Wildman–Crippen MR) is 72.5 cm³/mol. The van der Waals surface area contributed by atoms with E-state index in [0.29, 0.717) is 0 Å². The molecule has 1 unspecified atom stereocenters. The molecule has 2 amide bonds. The van der Waals surface area contributed by atoms with Crippen LogP contribution in [0.2, 0.25) is 0 Å². The molecule has 1 aromatic carbocycles. The molecule has 1 atom stereocenters. The number of carbonyl (C=O) groups excluding carboxylic acids is 1. The maximum absolute atomic E-state index is 13.0. The van der Waals surface area contributed by atoms with Gasteiger partial charge in [0.2, 0.25) is 0 Å². The largest absolute Gasteiger partial charge is 0.478 e. The van der Waals surface area contributed by atoms with Crippen LogP contribution in [0, 0.1) is 5.82 Å². The zero-order valence-electron chi connectivity index (χ0n) is 11.1. The Balaban J connectivity index is 2.08. The fraction of sp³-hybridized carbons (Fsp3) is 0.154. The molecule has 0 fully saturated rings. The summed E-state index contributed by atoms with van der Waals surface area (Å²) in [6.07, 6.45) is 3.19. The van der Waals surface area contributed by atoms with E-state index >= 15 is 0 Å². The van der Waals surface area contributed by atoms with Crippen LogP contribution in [-0.4, -0.2) is 27.3 Å². The second-order valence-electron chi connectivity index (χ2n) is 4.35. The quantitative estimate of drug-likeness (QED) is 0.692. The molecule has 0 saturated heterocycles. The van der Waals surface area contributed by atoms with Crippen molar-refractivity contribution in [1.29, 1.82) is 0 Å². The lowest BCUT2D eigenvalue weighted by atomic mass is 10.1. The molecule has 0 saturated carbocycles. The maximum atomic E-state index is 13.0. The first-order valence-corrected chi connectivity index (χ1v) is 6.06. The van der Waals surface area contributed by atoms with Crippen LogP contribution in [0.1, 0.15) is 28.9 Å². The predicted octanol–water partition coefficient (Wildman–Crippen LogP) is 2.13. The number of nitrogens with one attached hydrogen (secondary N) is 3. The van der Waals surface area contributed by atoms with Gasteiger partial charge in [0.1, 0.15) is 5.82 Å². The number of halogens is 1. The molecule has 4 N–H and O–H groups in total. The second kappa shape index (κ2) is 6.04. The van der Waals surface area contributed by atoms with Gasteiger partial charge in [-0.3, -0.25) is 5.10 Å². The minimum Gasteiger partial charge on any atom is -0.478 e. The number of rotatable bonds is 4. The van der Waals surface area contributed by atoms with Gasteiger partial charge >= 0.3 is 12.0 Å². The topological polar surface area (TPSA) is 107 Å². The molecule has 7 nitrogen and oxygen atoms in total. The summed E-state index contributed by atoms with van der Waals surface area (Å²) >= 11 is 0. The summed E-state index contributed by atoms with van der Waals surface area (Å²) in [7, 11) is 0. The number of hydrogen-bond acceptors (Lipinski definition) is 3. The van der Waals surface area contributed by atoms with Crippen molar-refractivity contribution in [2.24, 2.45) is 0 Å². The van der Waals surface area contributed by atoms with Crippen molar-refractivity contribution in [2.45, 2.75) is 13.0 Å². The average Bonchev–Trinajstić information content (AvgIpc) is 2.94. The Hall–Kier alpha value is -2.90. The highest BCUT2D eigenvalue weighted by Crippen LogP contribution is 2.17. The highest BCUT2D eigenvalue weighted by molar-refractivity contribution is 6.00. The highest BCUT2D eigenvalue weighted by Gasteiger charge is 2.15. The Morgan fingerprint density at radius 1 is 1.43 bits per heavy atom.